The number of ether oxygens (including phenoxy) is 1. The van der Waals surface area contributed by atoms with Gasteiger partial charge in [-0.15, -0.1) is 35.3 Å². The molecule has 1 atom stereocenters. The van der Waals surface area contributed by atoms with Crippen LogP contribution < -0.4 is 16.0 Å². The molecule has 2 aromatic heterocycles. The van der Waals surface area contributed by atoms with Gasteiger partial charge >= 0.3 is 5.97 Å². The number of furan rings is 1. The smallest absolute Gasteiger partial charge is 0.350 e. The fraction of sp³-hybridized carbons (Fsp3) is 0.524. The molecule has 3 N–H and O–H groups in total. The molecule has 0 saturated carbocycles. The van der Waals surface area contributed by atoms with E-state index in [1.165, 1.54) is 17.6 Å². The van der Waals surface area contributed by atoms with E-state index < -0.39 is 0 Å². The van der Waals surface area contributed by atoms with Crippen LogP contribution in [0.4, 0.5) is 0 Å². The summed E-state index contributed by atoms with van der Waals surface area (Å²) in [5, 5.41) is 10.1. The normalized spacial score (nSPS) is 12.0. The van der Waals surface area contributed by atoms with Gasteiger partial charge in [0.1, 0.15) is 9.88 Å². The van der Waals surface area contributed by atoms with E-state index in [1.54, 1.807) is 19.9 Å². The zero-order valence-corrected chi connectivity index (χ0v) is 22.3. The van der Waals surface area contributed by atoms with E-state index in [4.69, 9.17) is 9.15 Å². The minimum atomic E-state index is -0.344. The van der Waals surface area contributed by atoms with E-state index in [1.807, 2.05) is 20.8 Å². The first-order valence-electron chi connectivity index (χ1n) is 10.4. The molecule has 0 aliphatic carbocycles. The van der Waals surface area contributed by atoms with Gasteiger partial charge in [-0.05, 0) is 47.1 Å². The van der Waals surface area contributed by atoms with Gasteiger partial charge in [-0.1, -0.05) is 0 Å². The van der Waals surface area contributed by atoms with Crippen molar-refractivity contribution in [3.63, 3.8) is 0 Å². The lowest BCUT2D eigenvalue weighted by molar-refractivity contribution is 0.0531. The molecular formula is C21H32IN5O4S. The van der Waals surface area contributed by atoms with Crippen molar-refractivity contribution in [3.05, 3.63) is 39.2 Å². The Morgan fingerprint density at radius 1 is 1.28 bits per heavy atom. The van der Waals surface area contributed by atoms with Gasteiger partial charge in [0.05, 0.1) is 24.6 Å². The summed E-state index contributed by atoms with van der Waals surface area (Å²) >= 11 is 1.32. The van der Waals surface area contributed by atoms with Crippen LogP contribution in [0.15, 0.2) is 21.7 Å². The second-order valence-corrected chi connectivity index (χ2v) is 7.89. The first-order valence-corrected chi connectivity index (χ1v) is 11.2. The lowest BCUT2D eigenvalue weighted by Gasteiger charge is -2.16. The number of aryl methyl sites for hydroxylation is 2. The molecule has 0 spiro atoms. The molecular weight excluding hydrogens is 545 g/mol. The number of thiazole rings is 1. The second kappa shape index (κ2) is 14.1. The number of aromatic nitrogens is 1. The lowest BCUT2D eigenvalue weighted by atomic mass is 10.2. The van der Waals surface area contributed by atoms with Crippen LogP contribution in [0.25, 0.3) is 0 Å². The molecule has 0 aliphatic rings. The van der Waals surface area contributed by atoms with Gasteiger partial charge in [-0.25, -0.2) is 9.78 Å². The summed E-state index contributed by atoms with van der Waals surface area (Å²) in [7, 11) is 0. The van der Waals surface area contributed by atoms with Crippen LogP contribution in [0.2, 0.25) is 0 Å². The van der Waals surface area contributed by atoms with E-state index in [-0.39, 0.29) is 41.9 Å². The maximum atomic E-state index is 12.0. The highest BCUT2D eigenvalue weighted by Crippen LogP contribution is 2.24. The predicted molar refractivity (Wildman–Crippen MR) is 136 cm³/mol. The maximum Gasteiger partial charge on any atom is 0.350 e. The van der Waals surface area contributed by atoms with Gasteiger partial charge in [0, 0.05) is 25.2 Å². The Balaban J connectivity index is 0.00000512. The standard InChI is InChI=1S/C21H31N5O4S.HI/c1-6-22-21(24-11-8-10-23-18(27)16-13(3)9-12-30-16)26-15(5)19-25-14(4)17(31-19)20(28)29-7-2;/h9,12,15H,6-8,10-11H2,1-5H3,(H,23,27)(H2,22,24,26);1H. The average Bonchev–Trinajstić information content (AvgIpc) is 3.33. The van der Waals surface area contributed by atoms with Crippen molar-refractivity contribution in [3.8, 4) is 0 Å². The Morgan fingerprint density at radius 3 is 2.66 bits per heavy atom. The molecule has 0 aliphatic heterocycles. The molecule has 0 radical (unpaired) electrons. The number of aliphatic imine (C=N–C) groups is 1. The summed E-state index contributed by atoms with van der Waals surface area (Å²) in [4.78, 5) is 33.7. The molecule has 0 bridgehead atoms. The van der Waals surface area contributed by atoms with Crippen molar-refractivity contribution in [2.75, 3.05) is 26.2 Å². The van der Waals surface area contributed by atoms with Crippen LogP contribution in [-0.2, 0) is 4.74 Å². The van der Waals surface area contributed by atoms with Crippen LogP contribution in [0.3, 0.4) is 0 Å². The van der Waals surface area contributed by atoms with Crippen molar-refractivity contribution < 1.29 is 18.7 Å². The fourth-order valence-corrected chi connectivity index (χ4v) is 3.70. The highest BCUT2D eigenvalue weighted by Gasteiger charge is 2.20. The second-order valence-electron chi connectivity index (χ2n) is 6.86. The Labute approximate surface area is 209 Å². The molecule has 0 saturated heterocycles. The van der Waals surface area contributed by atoms with E-state index >= 15 is 0 Å². The molecule has 32 heavy (non-hydrogen) atoms. The van der Waals surface area contributed by atoms with Gasteiger partial charge in [-0.2, -0.15) is 0 Å². The van der Waals surface area contributed by atoms with Crippen molar-refractivity contribution in [2.45, 2.75) is 47.1 Å². The lowest BCUT2D eigenvalue weighted by Crippen LogP contribution is -2.39. The highest BCUT2D eigenvalue weighted by atomic mass is 127. The zero-order valence-electron chi connectivity index (χ0n) is 19.1. The summed E-state index contributed by atoms with van der Waals surface area (Å²) in [6, 6.07) is 1.63. The minimum absolute atomic E-state index is 0. The molecule has 0 fully saturated rings. The fourth-order valence-electron chi connectivity index (χ4n) is 2.73. The highest BCUT2D eigenvalue weighted by molar-refractivity contribution is 14.0. The van der Waals surface area contributed by atoms with Crippen LogP contribution in [-0.4, -0.2) is 49.1 Å². The number of nitrogens with one attached hydrogen (secondary N) is 3. The number of carbonyl (C=O) groups is 2. The van der Waals surface area contributed by atoms with Gasteiger partial charge in [0.25, 0.3) is 5.91 Å². The number of guanidine groups is 1. The molecule has 0 aromatic carbocycles. The molecule has 2 heterocycles. The van der Waals surface area contributed by atoms with Crippen molar-refractivity contribution in [2.24, 2.45) is 4.99 Å². The summed E-state index contributed by atoms with van der Waals surface area (Å²) < 4.78 is 10.3. The first kappa shape index (κ1) is 27.9. The third-order valence-electron chi connectivity index (χ3n) is 4.30. The molecule has 1 amide bonds. The third-order valence-corrected chi connectivity index (χ3v) is 5.62. The minimum Gasteiger partial charge on any atom is -0.462 e. The third kappa shape index (κ3) is 8.08. The van der Waals surface area contributed by atoms with Crippen LogP contribution >= 0.6 is 35.3 Å². The quantitative estimate of drug-likeness (QED) is 0.130. The molecule has 1 unspecified atom stereocenters. The van der Waals surface area contributed by atoms with Gasteiger partial charge in [0.2, 0.25) is 0 Å². The van der Waals surface area contributed by atoms with Crippen molar-refractivity contribution in [1.29, 1.82) is 0 Å². The van der Waals surface area contributed by atoms with Gasteiger partial charge in [0.15, 0.2) is 11.7 Å². The Hall–Kier alpha value is -2.15. The van der Waals surface area contributed by atoms with Crippen LogP contribution in [0.1, 0.15) is 69.7 Å². The molecule has 178 valence electrons. The van der Waals surface area contributed by atoms with Gasteiger partial charge in [-0.3, -0.25) is 9.79 Å². The maximum absolute atomic E-state index is 12.0. The SMILES string of the molecule is CCNC(=NCCCNC(=O)c1occc1C)NC(C)c1nc(C)c(C(=O)OCC)s1.I. The van der Waals surface area contributed by atoms with E-state index in [2.05, 4.69) is 25.9 Å². The van der Waals surface area contributed by atoms with Crippen LogP contribution in [0.5, 0.6) is 0 Å². The number of esters is 1. The zero-order chi connectivity index (χ0) is 22.8. The van der Waals surface area contributed by atoms with E-state index in [0.29, 0.717) is 55.0 Å². The topological polar surface area (TPSA) is 118 Å². The number of amides is 1. The summed E-state index contributed by atoms with van der Waals surface area (Å²) in [5.74, 6) is 0.423. The summed E-state index contributed by atoms with van der Waals surface area (Å²) in [6.45, 7) is 11.4. The van der Waals surface area contributed by atoms with Crippen molar-refractivity contribution in [1.82, 2.24) is 20.9 Å². The molecule has 9 nitrogen and oxygen atoms in total. The largest absolute Gasteiger partial charge is 0.462 e. The molecule has 2 aromatic rings. The Bertz CT molecular complexity index is 912. The average molecular weight is 577 g/mol. The molecule has 2 rings (SSSR count). The number of rotatable bonds is 10. The van der Waals surface area contributed by atoms with Gasteiger partial charge < -0.3 is 25.1 Å². The molecule has 11 heteroatoms. The Kier molecular flexibility index (Phi) is 12.3. The monoisotopic (exact) mass is 577 g/mol. The summed E-state index contributed by atoms with van der Waals surface area (Å²) in [5.41, 5.74) is 1.48. The number of carbonyl (C=O) groups excluding carboxylic acids is 2. The first-order chi connectivity index (χ1) is 14.9. The van der Waals surface area contributed by atoms with Crippen molar-refractivity contribution >= 4 is 53.1 Å². The predicted octanol–water partition coefficient (Wildman–Crippen LogP) is 3.58. The number of hydrogen-bond acceptors (Lipinski definition) is 7. The number of hydrogen-bond donors (Lipinski definition) is 3. The number of halogens is 1. The van der Waals surface area contributed by atoms with E-state index in [9.17, 15) is 9.59 Å². The Morgan fingerprint density at radius 2 is 2.03 bits per heavy atom. The van der Waals surface area contributed by atoms with Crippen LogP contribution in [0, 0.1) is 13.8 Å². The number of nitrogens with zero attached hydrogens (tertiary/aromatic N) is 2. The van der Waals surface area contributed by atoms with E-state index in [0.717, 1.165) is 10.6 Å². The summed E-state index contributed by atoms with van der Waals surface area (Å²) in [6.07, 6.45) is 2.18.